The van der Waals surface area contributed by atoms with E-state index >= 15 is 0 Å². The van der Waals surface area contributed by atoms with Crippen LogP contribution in [-0.4, -0.2) is 31.8 Å². The van der Waals surface area contributed by atoms with E-state index in [4.69, 9.17) is 9.47 Å². The predicted octanol–water partition coefficient (Wildman–Crippen LogP) is 1.98. The molecule has 1 heterocycles. The Labute approximate surface area is 114 Å². The van der Waals surface area contributed by atoms with E-state index in [1.807, 2.05) is 19.1 Å². The topological polar surface area (TPSA) is 47.6 Å². The second-order valence-electron chi connectivity index (χ2n) is 4.84. The molecule has 1 amide bonds. The lowest BCUT2D eigenvalue weighted by molar-refractivity contribution is -0.130. The Hall–Kier alpha value is -1.55. The number of aryl methyl sites for hydroxylation is 1. The van der Waals surface area contributed by atoms with Gasteiger partial charge < -0.3 is 14.8 Å². The van der Waals surface area contributed by atoms with E-state index in [1.54, 1.807) is 0 Å². The van der Waals surface area contributed by atoms with Crippen molar-refractivity contribution in [1.29, 1.82) is 0 Å². The lowest BCUT2D eigenvalue weighted by Crippen LogP contribution is -2.36. The number of hydrogen-bond donors (Lipinski definition) is 1. The first-order valence-corrected chi connectivity index (χ1v) is 6.77. The van der Waals surface area contributed by atoms with Gasteiger partial charge in [0.2, 0.25) is 5.91 Å². The number of ether oxygens (including phenoxy) is 2. The Bertz CT molecular complexity index is 439. The van der Waals surface area contributed by atoms with Gasteiger partial charge in [-0.2, -0.15) is 0 Å². The molecular weight excluding hydrogens is 242 g/mol. The van der Waals surface area contributed by atoms with Crippen molar-refractivity contribution in [2.24, 2.45) is 0 Å². The van der Waals surface area contributed by atoms with Crippen molar-refractivity contribution in [3.05, 3.63) is 29.3 Å². The van der Waals surface area contributed by atoms with Crippen LogP contribution in [0.5, 0.6) is 5.75 Å². The fourth-order valence-corrected chi connectivity index (χ4v) is 2.11. The smallest absolute Gasteiger partial charge is 0.249 e. The van der Waals surface area contributed by atoms with E-state index in [9.17, 15) is 4.79 Å². The number of rotatable bonds is 5. The van der Waals surface area contributed by atoms with E-state index in [2.05, 4.69) is 18.3 Å². The minimum Gasteiger partial charge on any atom is -0.491 e. The van der Waals surface area contributed by atoms with Crippen LogP contribution in [0.15, 0.2) is 18.2 Å². The van der Waals surface area contributed by atoms with E-state index in [0.29, 0.717) is 19.8 Å². The van der Waals surface area contributed by atoms with Crippen LogP contribution in [0.25, 0.3) is 0 Å². The molecule has 0 radical (unpaired) electrons. The summed E-state index contributed by atoms with van der Waals surface area (Å²) in [6, 6.07) is 5.98. The summed E-state index contributed by atoms with van der Waals surface area (Å²) in [7, 11) is 0. The van der Waals surface area contributed by atoms with Gasteiger partial charge in [-0.15, -0.1) is 0 Å². The second kappa shape index (κ2) is 6.57. The van der Waals surface area contributed by atoms with Crippen molar-refractivity contribution in [3.63, 3.8) is 0 Å². The zero-order valence-electron chi connectivity index (χ0n) is 11.6. The Morgan fingerprint density at radius 3 is 3.05 bits per heavy atom. The van der Waals surface area contributed by atoms with Gasteiger partial charge in [-0.1, -0.05) is 12.1 Å². The Balaban J connectivity index is 1.71. The summed E-state index contributed by atoms with van der Waals surface area (Å²) in [5, 5.41) is 2.84. The average Bonchev–Trinajstić information content (AvgIpc) is 2.93. The normalized spacial score (nSPS) is 18.3. The maximum absolute atomic E-state index is 11.7. The summed E-state index contributed by atoms with van der Waals surface area (Å²) in [5.74, 6) is 0.855. The largest absolute Gasteiger partial charge is 0.491 e. The fourth-order valence-electron chi connectivity index (χ4n) is 2.11. The first kappa shape index (κ1) is 13.9. The molecule has 1 unspecified atom stereocenters. The molecule has 1 N–H and O–H groups in total. The molecule has 0 aromatic heterocycles. The average molecular weight is 263 g/mol. The number of hydrogen-bond acceptors (Lipinski definition) is 3. The maximum atomic E-state index is 11.7. The molecule has 1 aromatic carbocycles. The van der Waals surface area contributed by atoms with Gasteiger partial charge in [-0.25, -0.2) is 0 Å². The van der Waals surface area contributed by atoms with Crippen LogP contribution in [0.2, 0.25) is 0 Å². The Kier molecular flexibility index (Phi) is 4.80. The number of carbonyl (C=O) groups excluding carboxylic acids is 1. The molecule has 1 fully saturated rings. The summed E-state index contributed by atoms with van der Waals surface area (Å²) in [6.07, 6.45) is 1.53. The molecule has 0 spiro atoms. The summed E-state index contributed by atoms with van der Waals surface area (Å²) in [5.41, 5.74) is 2.36. The highest BCUT2D eigenvalue weighted by Gasteiger charge is 2.22. The zero-order chi connectivity index (χ0) is 13.7. The summed E-state index contributed by atoms with van der Waals surface area (Å²) in [6.45, 7) is 5.77. The second-order valence-corrected chi connectivity index (χ2v) is 4.84. The molecule has 1 aromatic rings. The molecule has 4 heteroatoms. The van der Waals surface area contributed by atoms with E-state index in [-0.39, 0.29) is 12.0 Å². The predicted molar refractivity (Wildman–Crippen MR) is 73.4 cm³/mol. The van der Waals surface area contributed by atoms with Gasteiger partial charge >= 0.3 is 0 Å². The third-order valence-electron chi connectivity index (χ3n) is 3.44. The van der Waals surface area contributed by atoms with Gasteiger partial charge in [0, 0.05) is 6.61 Å². The van der Waals surface area contributed by atoms with Crippen LogP contribution < -0.4 is 10.1 Å². The highest BCUT2D eigenvalue weighted by molar-refractivity contribution is 5.80. The lowest BCUT2D eigenvalue weighted by atomic mass is 10.1. The van der Waals surface area contributed by atoms with Gasteiger partial charge in [-0.3, -0.25) is 4.79 Å². The SMILES string of the molecule is Cc1cccc(OCCNC(=O)C2CCCO2)c1C. The van der Waals surface area contributed by atoms with Crippen molar-refractivity contribution in [3.8, 4) is 5.75 Å². The van der Waals surface area contributed by atoms with Gasteiger partial charge in [0.1, 0.15) is 18.5 Å². The van der Waals surface area contributed by atoms with Gasteiger partial charge in [0.05, 0.1) is 6.54 Å². The number of carbonyl (C=O) groups is 1. The third-order valence-corrected chi connectivity index (χ3v) is 3.44. The van der Waals surface area contributed by atoms with E-state index < -0.39 is 0 Å². The van der Waals surface area contributed by atoms with Crippen molar-refractivity contribution in [1.82, 2.24) is 5.32 Å². The summed E-state index contributed by atoms with van der Waals surface area (Å²) in [4.78, 5) is 11.7. The molecule has 104 valence electrons. The minimum absolute atomic E-state index is 0.0259. The molecular formula is C15H21NO3. The van der Waals surface area contributed by atoms with Crippen LogP contribution >= 0.6 is 0 Å². The molecule has 2 rings (SSSR count). The molecule has 0 saturated carbocycles. The molecule has 0 aliphatic carbocycles. The zero-order valence-corrected chi connectivity index (χ0v) is 11.6. The highest BCUT2D eigenvalue weighted by atomic mass is 16.5. The maximum Gasteiger partial charge on any atom is 0.249 e. The Morgan fingerprint density at radius 2 is 2.32 bits per heavy atom. The van der Waals surface area contributed by atoms with Crippen LogP contribution in [-0.2, 0) is 9.53 Å². The third kappa shape index (κ3) is 3.70. The monoisotopic (exact) mass is 263 g/mol. The molecule has 4 nitrogen and oxygen atoms in total. The van der Waals surface area contributed by atoms with Crippen LogP contribution in [0.4, 0.5) is 0 Å². The summed E-state index contributed by atoms with van der Waals surface area (Å²) < 4.78 is 11.0. The molecule has 1 aliphatic rings. The first-order valence-electron chi connectivity index (χ1n) is 6.77. The van der Waals surface area contributed by atoms with Crippen LogP contribution in [0, 0.1) is 13.8 Å². The van der Waals surface area contributed by atoms with E-state index in [0.717, 1.165) is 24.2 Å². The number of benzene rings is 1. The lowest BCUT2D eigenvalue weighted by Gasteiger charge is -2.13. The fraction of sp³-hybridized carbons (Fsp3) is 0.533. The molecule has 19 heavy (non-hydrogen) atoms. The van der Waals surface area contributed by atoms with Gasteiger partial charge in [-0.05, 0) is 43.9 Å². The Morgan fingerprint density at radius 1 is 1.47 bits per heavy atom. The number of nitrogens with one attached hydrogen (secondary N) is 1. The van der Waals surface area contributed by atoms with Gasteiger partial charge in [0.15, 0.2) is 0 Å². The van der Waals surface area contributed by atoms with Crippen molar-refractivity contribution >= 4 is 5.91 Å². The van der Waals surface area contributed by atoms with Crippen molar-refractivity contribution in [2.75, 3.05) is 19.8 Å². The molecule has 1 saturated heterocycles. The number of amides is 1. The van der Waals surface area contributed by atoms with Crippen LogP contribution in [0.1, 0.15) is 24.0 Å². The summed E-state index contributed by atoms with van der Waals surface area (Å²) >= 11 is 0. The minimum atomic E-state index is -0.263. The highest BCUT2D eigenvalue weighted by Crippen LogP contribution is 2.20. The molecule has 0 bridgehead atoms. The quantitative estimate of drug-likeness (QED) is 0.826. The van der Waals surface area contributed by atoms with Crippen LogP contribution in [0.3, 0.4) is 0 Å². The van der Waals surface area contributed by atoms with Gasteiger partial charge in [0.25, 0.3) is 0 Å². The van der Waals surface area contributed by atoms with Crippen molar-refractivity contribution in [2.45, 2.75) is 32.8 Å². The molecule has 1 aliphatic heterocycles. The van der Waals surface area contributed by atoms with E-state index in [1.165, 1.54) is 5.56 Å². The first-order chi connectivity index (χ1) is 9.18. The standard InChI is InChI=1S/C15H21NO3/c1-11-5-3-6-13(12(11)2)19-10-8-16-15(17)14-7-4-9-18-14/h3,5-6,14H,4,7-10H2,1-2H3,(H,16,17). The molecule has 1 atom stereocenters. The van der Waals surface area contributed by atoms with Crippen molar-refractivity contribution < 1.29 is 14.3 Å².